The number of carbonyl (C=O) groups excluding carboxylic acids is 5. The number of amides is 5. The number of halogens is 4. The van der Waals surface area contributed by atoms with Crippen LogP contribution in [0, 0.1) is 17.8 Å². The van der Waals surface area contributed by atoms with Gasteiger partial charge in [-0.1, -0.05) is 119 Å². The van der Waals surface area contributed by atoms with Crippen molar-refractivity contribution in [1.82, 2.24) is 40.4 Å². The third-order valence-corrected chi connectivity index (χ3v) is 25.9. The standard InChI is InChI=1S/C79H100ClF3N10O11S4/c1-53(55-19-21-57(22-20-55)72-54(2)85-52-106-72)86-75(98)68-45-63(94)49-93(68)76(99)73(77(3,4)5)88-71(96)18-14-9-7-8-13-17-70(95)84-51-78(6)35-33-66(56-23-27-60(80)28-24-56)59(47-78)48-91-37-39-92(40-38-91)62-29-25-58(26-30-62)74(97)89-108(102,103)65-31-32-67(69(46-65)107(100,101)79(81,82)83)87-61(34-36-90-41-43-104-44-42-90)50-105-64-15-11-10-12-16-64/h10-12,15-16,19-32,46,52-53,61,63,68,73,87,94H,7-9,13-14,17-18,33-45,47-51H2,1-6H3,(H,84,95)(H,86,98)(H,88,96)(H,89,97)/t53-,61+,63+,68-,73+,78?/m0/s1. The van der Waals surface area contributed by atoms with Gasteiger partial charge in [0.25, 0.3) is 25.8 Å². The molecular weight excluding hydrogens is 1490 g/mol. The van der Waals surface area contributed by atoms with Crippen molar-refractivity contribution in [1.29, 1.82) is 0 Å². The summed E-state index contributed by atoms with van der Waals surface area (Å²) in [6.07, 6.45) is 6.24. The number of β-amino-alcohol motifs (C(OH)–C–C–N with tert-alkyl or cyclic N) is 1. The fourth-order valence-corrected chi connectivity index (χ4v) is 18.2. The average molecular weight is 1590 g/mol. The zero-order valence-corrected chi connectivity index (χ0v) is 66.1. The van der Waals surface area contributed by atoms with Crippen molar-refractivity contribution < 1.29 is 63.8 Å². The second kappa shape index (κ2) is 37.1. The molecule has 0 spiro atoms. The molecule has 6 aromatic rings. The topological polar surface area (TPSA) is 269 Å². The summed E-state index contributed by atoms with van der Waals surface area (Å²) in [5.41, 5.74) is 1.91. The van der Waals surface area contributed by atoms with Crippen molar-refractivity contribution in [3.63, 3.8) is 0 Å². The smallest absolute Gasteiger partial charge is 0.391 e. The van der Waals surface area contributed by atoms with E-state index in [4.69, 9.17) is 16.3 Å². The van der Waals surface area contributed by atoms with E-state index in [2.05, 4.69) is 47.9 Å². The number of hydrogen-bond donors (Lipinski definition) is 6. The lowest BCUT2D eigenvalue weighted by Crippen LogP contribution is -2.57. The van der Waals surface area contributed by atoms with Crippen LogP contribution in [-0.2, 0) is 43.8 Å². The van der Waals surface area contributed by atoms with Crippen molar-refractivity contribution in [2.75, 3.05) is 94.6 Å². The normalized spacial score (nSPS) is 19.3. The number of aliphatic hydroxyl groups is 1. The minimum absolute atomic E-state index is 0.0191. The number of anilines is 2. The van der Waals surface area contributed by atoms with E-state index in [1.165, 1.54) is 39.9 Å². The van der Waals surface area contributed by atoms with Gasteiger partial charge in [-0.15, -0.1) is 23.1 Å². The zero-order valence-electron chi connectivity index (χ0n) is 62.1. The second-order valence-electron chi connectivity index (χ2n) is 30.1. The summed E-state index contributed by atoms with van der Waals surface area (Å²) in [6, 6.07) is 31.0. The molecule has 3 aliphatic heterocycles. The quantitative estimate of drug-likeness (QED) is 0.0169. The fourth-order valence-electron chi connectivity index (χ4n) is 14.3. The number of alkyl halides is 3. The van der Waals surface area contributed by atoms with Crippen molar-refractivity contribution in [2.45, 2.75) is 169 Å². The first-order valence-electron chi connectivity index (χ1n) is 37.0. The number of piperazine rings is 1. The average Bonchev–Trinajstić information content (AvgIpc) is 0.927. The molecule has 0 saturated carbocycles. The monoisotopic (exact) mass is 1580 g/mol. The Morgan fingerprint density at radius 3 is 2.10 bits per heavy atom. The van der Waals surface area contributed by atoms with Gasteiger partial charge in [0.15, 0.2) is 0 Å². The largest absolute Gasteiger partial charge is 0.501 e. The number of morpholine rings is 1. The molecule has 6 N–H and O–H groups in total. The highest BCUT2D eigenvalue weighted by Gasteiger charge is 2.49. The number of hydrogen-bond acceptors (Lipinski definition) is 18. The highest BCUT2D eigenvalue weighted by atomic mass is 35.5. The summed E-state index contributed by atoms with van der Waals surface area (Å²) in [7, 11) is -11.0. The van der Waals surface area contributed by atoms with Gasteiger partial charge in [-0.05, 0) is 152 Å². The highest BCUT2D eigenvalue weighted by molar-refractivity contribution is 7.99. The number of unbranched alkanes of at least 4 members (excludes halogenated alkanes) is 4. The molecule has 29 heteroatoms. The molecule has 3 fully saturated rings. The number of thiazole rings is 1. The molecular formula is C79H100ClF3N10O11S4. The molecule has 5 aromatic carbocycles. The number of aryl methyl sites for hydroxylation is 1. The molecule has 4 heterocycles. The van der Waals surface area contributed by atoms with E-state index in [-0.39, 0.29) is 54.1 Å². The summed E-state index contributed by atoms with van der Waals surface area (Å²) in [5, 5.41) is 23.7. The first-order chi connectivity index (χ1) is 51.3. The molecule has 1 aliphatic carbocycles. The molecule has 584 valence electrons. The van der Waals surface area contributed by atoms with Gasteiger partial charge in [0.1, 0.15) is 17.0 Å². The van der Waals surface area contributed by atoms with Crippen LogP contribution in [0.3, 0.4) is 0 Å². The van der Waals surface area contributed by atoms with Gasteiger partial charge in [-0.3, -0.25) is 33.8 Å². The number of ether oxygens (including phenoxy) is 1. The van der Waals surface area contributed by atoms with E-state index in [1.807, 2.05) is 124 Å². The molecule has 4 aliphatic rings. The van der Waals surface area contributed by atoms with E-state index in [0.29, 0.717) is 115 Å². The highest BCUT2D eigenvalue weighted by Crippen LogP contribution is 2.44. The number of sulfone groups is 1. The van der Waals surface area contributed by atoms with Crippen LogP contribution in [0.4, 0.5) is 24.5 Å². The number of allylic oxidation sites excluding steroid dienone is 1. The van der Waals surface area contributed by atoms with Gasteiger partial charge in [-0.25, -0.2) is 26.5 Å². The van der Waals surface area contributed by atoms with Crippen LogP contribution in [0.1, 0.15) is 145 Å². The van der Waals surface area contributed by atoms with E-state index in [9.17, 15) is 59.1 Å². The number of thioether (sulfide) groups is 1. The van der Waals surface area contributed by atoms with Crippen molar-refractivity contribution in [3.05, 3.63) is 160 Å². The Morgan fingerprint density at radius 1 is 0.796 bits per heavy atom. The third kappa shape index (κ3) is 22.4. The second-order valence-corrected chi connectivity index (χ2v) is 36.0. The Hall–Kier alpha value is -7.41. The number of benzene rings is 5. The molecule has 3 saturated heterocycles. The van der Waals surface area contributed by atoms with E-state index >= 15 is 0 Å². The molecule has 5 amide bonds. The van der Waals surface area contributed by atoms with Crippen molar-refractivity contribution in [3.8, 4) is 10.4 Å². The van der Waals surface area contributed by atoms with Crippen LogP contribution >= 0.6 is 34.7 Å². The number of carbonyl (C=O) groups is 5. The van der Waals surface area contributed by atoms with Crippen LogP contribution < -0.4 is 30.9 Å². The Morgan fingerprint density at radius 2 is 1.45 bits per heavy atom. The summed E-state index contributed by atoms with van der Waals surface area (Å²) < 4.78 is 105. The number of rotatable bonds is 32. The van der Waals surface area contributed by atoms with Crippen LogP contribution in [0.5, 0.6) is 0 Å². The number of aromatic nitrogens is 1. The maximum Gasteiger partial charge on any atom is 0.501 e. The number of nitrogens with zero attached hydrogens (tertiary/aromatic N) is 5. The summed E-state index contributed by atoms with van der Waals surface area (Å²) in [6.45, 7) is 18.4. The first-order valence-corrected chi connectivity index (χ1v) is 42.2. The number of sulfonamides is 1. The molecule has 21 nitrogen and oxygen atoms in total. The molecule has 108 heavy (non-hydrogen) atoms. The maximum atomic E-state index is 14.4. The lowest BCUT2D eigenvalue weighted by atomic mass is 9.71. The minimum atomic E-state index is -6.11. The lowest BCUT2D eigenvalue weighted by molar-refractivity contribution is -0.144. The predicted octanol–water partition coefficient (Wildman–Crippen LogP) is 12.5. The fraction of sp³-hybridized carbons (Fsp3) is 0.494. The van der Waals surface area contributed by atoms with Gasteiger partial charge in [0.2, 0.25) is 23.6 Å². The van der Waals surface area contributed by atoms with Crippen LogP contribution in [0.25, 0.3) is 16.0 Å². The molecule has 6 atom stereocenters. The van der Waals surface area contributed by atoms with Crippen LogP contribution in [-0.4, -0.2) is 185 Å². The van der Waals surface area contributed by atoms with Crippen LogP contribution in [0.15, 0.2) is 147 Å². The number of nitrogens with one attached hydrogen (secondary N) is 5. The number of likely N-dealkylation sites (tertiary alicyclic amines) is 1. The van der Waals surface area contributed by atoms with Gasteiger partial charge < -0.3 is 40.9 Å². The van der Waals surface area contributed by atoms with Gasteiger partial charge in [0.05, 0.1) is 52.0 Å². The summed E-state index contributed by atoms with van der Waals surface area (Å²) in [4.78, 5) is 80.9. The van der Waals surface area contributed by atoms with E-state index in [1.54, 1.807) is 23.5 Å². The molecule has 0 bridgehead atoms. The minimum Gasteiger partial charge on any atom is -0.391 e. The first kappa shape index (κ1) is 83.1. The van der Waals surface area contributed by atoms with E-state index < -0.39 is 82.3 Å². The third-order valence-electron chi connectivity index (χ3n) is 20.6. The Labute approximate surface area is 645 Å². The molecule has 1 aromatic heterocycles. The Bertz CT molecular complexity index is 4350. The Balaban J connectivity index is 0.667. The molecule has 1 unspecified atom stereocenters. The van der Waals surface area contributed by atoms with Gasteiger partial charge in [0, 0.05) is 118 Å². The maximum absolute atomic E-state index is 14.4. The number of aliphatic hydroxyl groups excluding tert-OH is 1. The van der Waals surface area contributed by atoms with Crippen LogP contribution in [0.2, 0.25) is 5.02 Å². The lowest BCUT2D eigenvalue weighted by Gasteiger charge is -2.41. The van der Waals surface area contributed by atoms with Crippen molar-refractivity contribution in [2.24, 2.45) is 10.8 Å². The Kier molecular flexibility index (Phi) is 28.5. The summed E-state index contributed by atoms with van der Waals surface area (Å²) in [5.74, 6) is -1.81. The van der Waals surface area contributed by atoms with Crippen molar-refractivity contribution >= 4 is 101 Å². The van der Waals surface area contributed by atoms with Gasteiger partial charge >= 0.3 is 5.51 Å². The van der Waals surface area contributed by atoms with E-state index in [0.717, 1.165) is 88.5 Å². The predicted molar refractivity (Wildman–Crippen MR) is 418 cm³/mol. The SMILES string of the molecule is Cc1ncsc1-c1ccc([C@H](C)NC(=O)[C@@H]2C[C@@H](O)CN2C(=O)[C@@H](NC(=O)CCCCCCCC(=O)NCC2(C)CCC(c3ccc(Cl)cc3)=C(CN3CCN(c4ccc(C(=O)NS(=O)(=O)c5ccc(N[C@H](CCN6CCOCC6)CSc6ccccc6)c(S(=O)(=O)C(F)(F)F)c5)cc4)CC3)C2)C(C)(C)C)cc1. The molecule has 10 rings (SSSR count). The van der Waals surface area contributed by atoms with Gasteiger partial charge in [-0.2, -0.15) is 13.2 Å². The zero-order chi connectivity index (χ0) is 77.6. The summed E-state index contributed by atoms with van der Waals surface area (Å²) >= 11 is 9.35. The molecule has 0 radical (unpaired) electrons.